The third kappa shape index (κ3) is 7.47. The molecule has 4 N–H and O–H groups in total. The molecule has 13 nitrogen and oxygen atoms in total. The van der Waals surface area contributed by atoms with E-state index in [9.17, 15) is 28.8 Å². The van der Waals surface area contributed by atoms with Crippen LogP contribution in [0.3, 0.4) is 0 Å². The Morgan fingerprint density at radius 1 is 0.542 bits per heavy atom. The van der Waals surface area contributed by atoms with E-state index in [-0.39, 0.29) is 11.1 Å². The number of esters is 2. The Labute approximate surface area is 340 Å². The molecule has 2 aliphatic rings. The Hall–Kier alpha value is -7.02. The fraction of sp³-hybridized carbons (Fsp3) is 0.261. The quantitative estimate of drug-likeness (QED) is 0.116. The van der Waals surface area contributed by atoms with Gasteiger partial charge >= 0.3 is 11.9 Å². The molecule has 0 radical (unpaired) electrons. The van der Waals surface area contributed by atoms with Gasteiger partial charge in [0.15, 0.2) is 0 Å². The summed E-state index contributed by atoms with van der Waals surface area (Å²) in [5.41, 5.74) is 10.7. The average Bonchev–Trinajstić information content (AvgIpc) is 4.04. The molecule has 0 spiro atoms. The number of furan rings is 1. The standard InChI is InChI=1S/C46H44N4O9/c1-29(51)58-45(41(47)53,35-11-5-3-6-12-35)43(55)49-27-9-15-37(49)31-17-21-33(22-18-31)39-25-26-40(57-39)34-23-19-32(20-24-34)38-16-10-28-50(38)44(56)46(42(48)54,59-30(2)52)36-13-7-4-8-14-36/h3-8,11-14,17-26,37-38H,9-10,15-16,27-28H2,1-2H3,(H2,47,53)(H2,48,54)/t37-,38-,45-,46-/m0/s1. The minimum atomic E-state index is -2.31. The maximum Gasteiger partial charge on any atom is 0.304 e. The van der Waals surface area contributed by atoms with Crippen molar-refractivity contribution in [1.82, 2.24) is 9.80 Å². The Bertz CT molecular complexity index is 2220. The summed E-state index contributed by atoms with van der Waals surface area (Å²) in [4.78, 5) is 82.1. The van der Waals surface area contributed by atoms with Gasteiger partial charge < -0.3 is 35.2 Å². The van der Waals surface area contributed by atoms with Crippen LogP contribution in [-0.2, 0) is 49.4 Å². The molecule has 0 unspecified atom stereocenters. The monoisotopic (exact) mass is 796 g/mol. The fourth-order valence-electron chi connectivity index (χ4n) is 8.33. The van der Waals surface area contributed by atoms with E-state index in [4.69, 9.17) is 25.4 Å². The number of carbonyl (C=O) groups is 6. The van der Waals surface area contributed by atoms with Crippen LogP contribution in [0.5, 0.6) is 0 Å². The molecular formula is C46H44N4O9. The molecule has 0 saturated carbocycles. The highest BCUT2D eigenvalue weighted by Crippen LogP contribution is 2.41. The summed E-state index contributed by atoms with van der Waals surface area (Å²) >= 11 is 0. The van der Waals surface area contributed by atoms with Crippen LogP contribution in [0.2, 0.25) is 0 Å². The largest absolute Gasteiger partial charge is 0.456 e. The molecule has 0 bridgehead atoms. The van der Waals surface area contributed by atoms with Gasteiger partial charge in [0.1, 0.15) is 11.5 Å². The molecule has 2 aliphatic heterocycles. The number of hydrogen-bond donors (Lipinski definition) is 2. The van der Waals surface area contributed by atoms with Crippen LogP contribution in [0.15, 0.2) is 126 Å². The minimum absolute atomic E-state index is 0.180. The number of rotatable bonds is 12. The van der Waals surface area contributed by atoms with Crippen LogP contribution in [-0.4, -0.2) is 58.5 Å². The van der Waals surface area contributed by atoms with Gasteiger partial charge in [0.2, 0.25) is 0 Å². The van der Waals surface area contributed by atoms with Crippen molar-refractivity contribution < 1.29 is 42.7 Å². The first kappa shape index (κ1) is 40.2. The molecule has 5 aromatic rings. The lowest BCUT2D eigenvalue weighted by Crippen LogP contribution is -2.56. The summed E-state index contributed by atoms with van der Waals surface area (Å²) in [6.07, 6.45) is 2.61. The van der Waals surface area contributed by atoms with Gasteiger partial charge in [-0.05, 0) is 48.9 Å². The number of carbonyl (C=O) groups excluding carboxylic acids is 6. The summed E-state index contributed by atoms with van der Waals surface area (Å²) in [5.74, 6) is -3.93. The molecule has 4 aromatic carbocycles. The third-order valence-corrected chi connectivity index (χ3v) is 11.0. The molecular weight excluding hydrogens is 753 g/mol. The Morgan fingerprint density at radius 2 is 0.898 bits per heavy atom. The van der Waals surface area contributed by atoms with E-state index in [1.807, 2.05) is 60.7 Å². The van der Waals surface area contributed by atoms with Crippen molar-refractivity contribution in [3.8, 4) is 22.6 Å². The second kappa shape index (κ2) is 16.5. The molecule has 1 aromatic heterocycles. The lowest BCUT2D eigenvalue weighted by molar-refractivity contribution is -0.179. The van der Waals surface area contributed by atoms with Gasteiger partial charge in [-0.15, -0.1) is 0 Å². The van der Waals surface area contributed by atoms with Gasteiger partial charge in [0, 0.05) is 49.2 Å². The first-order valence-corrected chi connectivity index (χ1v) is 19.4. The second-order valence-corrected chi connectivity index (χ2v) is 14.7. The van der Waals surface area contributed by atoms with Gasteiger partial charge in [-0.25, -0.2) is 0 Å². The van der Waals surface area contributed by atoms with Gasteiger partial charge in [-0.1, -0.05) is 109 Å². The van der Waals surface area contributed by atoms with Crippen molar-refractivity contribution >= 4 is 35.6 Å². The summed E-state index contributed by atoms with van der Waals surface area (Å²) in [6.45, 7) is 2.97. The highest BCUT2D eigenvalue weighted by Gasteiger charge is 2.55. The number of primary amides is 2. The average molecular weight is 797 g/mol. The topological polar surface area (TPSA) is 193 Å². The predicted octanol–water partition coefficient (Wildman–Crippen LogP) is 5.83. The van der Waals surface area contributed by atoms with Gasteiger partial charge in [0.05, 0.1) is 12.1 Å². The maximum absolute atomic E-state index is 14.2. The van der Waals surface area contributed by atoms with E-state index in [0.29, 0.717) is 50.3 Å². The van der Waals surface area contributed by atoms with E-state index < -0.39 is 58.9 Å². The van der Waals surface area contributed by atoms with Crippen molar-refractivity contribution in [2.45, 2.75) is 62.8 Å². The smallest absolute Gasteiger partial charge is 0.304 e. The summed E-state index contributed by atoms with van der Waals surface area (Å²) in [6, 6.07) is 34.4. The van der Waals surface area contributed by atoms with Crippen LogP contribution in [0.25, 0.3) is 22.6 Å². The highest BCUT2D eigenvalue weighted by molar-refractivity contribution is 6.11. The molecule has 302 valence electrons. The lowest BCUT2D eigenvalue weighted by atomic mass is 9.90. The van der Waals surface area contributed by atoms with E-state index in [1.54, 1.807) is 70.5 Å². The molecule has 4 atom stereocenters. The van der Waals surface area contributed by atoms with E-state index in [1.165, 1.54) is 0 Å². The Balaban J connectivity index is 1.08. The summed E-state index contributed by atoms with van der Waals surface area (Å²) in [7, 11) is 0. The van der Waals surface area contributed by atoms with Crippen LogP contribution in [0.1, 0.15) is 73.9 Å². The number of likely N-dealkylation sites (tertiary alicyclic amines) is 2. The number of hydrogen-bond acceptors (Lipinski definition) is 9. The van der Waals surface area contributed by atoms with Crippen molar-refractivity contribution in [1.29, 1.82) is 0 Å². The zero-order valence-corrected chi connectivity index (χ0v) is 32.7. The van der Waals surface area contributed by atoms with Crippen LogP contribution < -0.4 is 11.5 Å². The zero-order valence-electron chi connectivity index (χ0n) is 32.7. The van der Waals surface area contributed by atoms with Crippen LogP contribution in [0.4, 0.5) is 0 Å². The zero-order chi connectivity index (χ0) is 41.9. The SMILES string of the molecule is CC(=O)O[C@@](C(N)=O)(C(=O)N1CCC[C@H]1c1ccc(-c2ccc(-c3ccc([C@@H]4CCCN4C(=O)[C@@](OC(C)=O)(C(N)=O)c4ccccc4)cc3)o2)cc1)c1ccccc1. The number of benzene rings is 4. The van der Waals surface area contributed by atoms with Crippen molar-refractivity contribution in [3.05, 3.63) is 144 Å². The molecule has 2 saturated heterocycles. The lowest BCUT2D eigenvalue weighted by Gasteiger charge is -2.35. The molecule has 2 fully saturated rings. The number of nitrogens with two attached hydrogens (primary N) is 2. The van der Waals surface area contributed by atoms with Crippen molar-refractivity contribution in [3.63, 3.8) is 0 Å². The van der Waals surface area contributed by atoms with Crippen LogP contribution in [0, 0.1) is 0 Å². The molecule has 59 heavy (non-hydrogen) atoms. The van der Waals surface area contributed by atoms with Gasteiger partial charge in [-0.3, -0.25) is 28.8 Å². The summed E-state index contributed by atoms with van der Waals surface area (Å²) in [5, 5.41) is 0. The second-order valence-electron chi connectivity index (χ2n) is 14.7. The highest BCUT2D eigenvalue weighted by atomic mass is 16.6. The van der Waals surface area contributed by atoms with Crippen molar-refractivity contribution in [2.24, 2.45) is 11.5 Å². The van der Waals surface area contributed by atoms with Crippen LogP contribution >= 0.6 is 0 Å². The number of nitrogens with zero attached hydrogens (tertiary/aromatic N) is 2. The number of amides is 4. The molecule has 3 heterocycles. The maximum atomic E-state index is 14.2. The normalized spacial score (nSPS) is 18.3. The van der Waals surface area contributed by atoms with E-state index in [0.717, 1.165) is 36.1 Å². The molecule has 7 rings (SSSR count). The first-order chi connectivity index (χ1) is 28.4. The predicted molar refractivity (Wildman–Crippen MR) is 215 cm³/mol. The fourth-order valence-corrected chi connectivity index (χ4v) is 8.33. The first-order valence-electron chi connectivity index (χ1n) is 19.4. The Kier molecular flexibility index (Phi) is 11.2. The Morgan fingerprint density at radius 3 is 1.22 bits per heavy atom. The molecule has 0 aliphatic carbocycles. The van der Waals surface area contributed by atoms with E-state index in [2.05, 4.69) is 0 Å². The van der Waals surface area contributed by atoms with Gasteiger partial charge in [-0.2, -0.15) is 0 Å². The number of ether oxygens (including phenoxy) is 2. The van der Waals surface area contributed by atoms with E-state index >= 15 is 0 Å². The summed E-state index contributed by atoms with van der Waals surface area (Å²) < 4.78 is 17.3. The third-order valence-electron chi connectivity index (χ3n) is 11.0. The van der Waals surface area contributed by atoms with Crippen molar-refractivity contribution in [2.75, 3.05) is 13.1 Å². The van der Waals surface area contributed by atoms with Gasteiger partial charge in [0.25, 0.3) is 34.8 Å². The molecule has 4 amide bonds. The molecule has 13 heteroatoms. The minimum Gasteiger partial charge on any atom is -0.456 e.